The minimum absolute atomic E-state index is 0.379. The van der Waals surface area contributed by atoms with Crippen molar-refractivity contribution < 1.29 is 8.42 Å². The Bertz CT molecular complexity index is 804. The predicted octanol–water partition coefficient (Wildman–Crippen LogP) is 3.55. The average Bonchev–Trinajstić information content (AvgIpc) is 2.83. The molecule has 0 aromatic heterocycles. The average molecular weight is 379 g/mol. The van der Waals surface area contributed by atoms with Crippen molar-refractivity contribution in [1.29, 1.82) is 0 Å². The van der Waals surface area contributed by atoms with E-state index < -0.39 is 10.0 Å². The van der Waals surface area contributed by atoms with Crippen molar-refractivity contribution in [2.45, 2.75) is 24.8 Å². The smallest absolute Gasteiger partial charge is 0.243 e. The lowest BCUT2D eigenvalue weighted by molar-refractivity contribution is 0.278. The molecule has 134 valence electrons. The van der Waals surface area contributed by atoms with E-state index in [0.29, 0.717) is 18.0 Å². The highest BCUT2D eigenvalue weighted by Crippen LogP contribution is 2.19. The Morgan fingerprint density at radius 3 is 2.28 bits per heavy atom. The molecule has 0 aliphatic carbocycles. The SMILES string of the molecule is Cc1ccc(S(=O)(=O)N2CCCN(Cc3ccc(Cl)cc3)CC2)cc1. The second kappa shape index (κ2) is 7.87. The number of aryl methyl sites for hydroxylation is 1. The van der Waals surface area contributed by atoms with Crippen molar-refractivity contribution in [2.75, 3.05) is 26.2 Å². The van der Waals surface area contributed by atoms with Gasteiger partial charge in [-0.05, 0) is 49.7 Å². The Labute approximate surface area is 155 Å². The van der Waals surface area contributed by atoms with Crippen LogP contribution in [0.4, 0.5) is 0 Å². The summed E-state index contributed by atoms with van der Waals surface area (Å²) in [5, 5.41) is 0.731. The summed E-state index contributed by atoms with van der Waals surface area (Å²) in [6.07, 6.45) is 0.832. The molecule has 1 aliphatic heterocycles. The second-order valence-corrected chi connectivity index (χ2v) is 8.85. The van der Waals surface area contributed by atoms with Crippen LogP contribution in [0.5, 0.6) is 0 Å². The van der Waals surface area contributed by atoms with Gasteiger partial charge in [-0.15, -0.1) is 0 Å². The molecule has 0 saturated carbocycles. The van der Waals surface area contributed by atoms with Gasteiger partial charge in [-0.2, -0.15) is 4.31 Å². The van der Waals surface area contributed by atoms with Crippen LogP contribution in [0.25, 0.3) is 0 Å². The number of hydrogen-bond donors (Lipinski definition) is 0. The van der Waals surface area contributed by atoms with Gasteiger partial charge in [0.2, 0.25) is 10.0 Å². The number of sulfonamides is 1. The van der Waals surface area contributed by atoms with Crippen molar-refractivity contribution in [2.24, 2.45) is 0 Å². The van der Waals surface area contributed by atoms with Gasteiger partial charge in [0.25, 0.3) is 0 Å². The number of benzene rings is 2. The van der Waals surface area contributed by atoms with Gasteiger partial charge in [0, 0.05) is 31.2 Å². The Balaban J connectivity index is 1.66. The van der Waals surface area contributed by atoms with E-state index in [2.05, 4.69) is 4.90 Å². The predicted molar refractivity (Wildman–Crippen MR) is 101 cm³/mol. The van der Waals surface area contributed by atoms with Gasteiger partial charge in [0.1, 0.15) is 0 Å². The summed E-state index contributed by atoms with van der Waals surface area (Å²) >= 11 is 5.93. The molecule has 0 amide bonds. The van der Waals surface area contributed by atoms with E-state index in [1.165, 1.54) is 5.56 Å². The summed E-state index contributed by atoms with van der Waals surface area (Å²) in [5.41, 5.74) is 2.25. The van der Waals surface area contributed by atoms with Gasteiger partial charge in [-0.3, -0.25) is 4.90 Å². The van der Waals surface area contributed by atoms with E-state index in [-0.39, 0.29) is 0 Å². The maximum atomic E-state index is 12.8. The first kappa shape index (κ1) is 18.4. The number of rotatable bonds is 4. The monoisotopic (exact) mass is 378 g/mol. The number of halogens is 1. The van der Waals surface area contributed by atoms with Gasteiger partial charge in [-0.1, -0.05) is 41.4 Å². The quantitative estimate of drug-likeness (QED) is 0.816. The molecule has 1 saturated heterocycles. The molecule has 0 unspecified atom stereocenters. The normalized spacial score (nSPS) is 17.4. The summed E-state index contributed by atoms with van der Waals surface area (Å²) in [6, 6.07) is 14.9. The highest BCUT2D eigenvalue weighted by Gasteiger charge is 2.26. The van der Waals surface area contributed by atoms with E-state index in [1.54, 1.807) is 16.4 Å². The molecule has 6 heteroatoms. The summed E-state index contributed by atoms with van der Waals surface area (Å²) in [4.78, 5) is 2.68. The standard InChI is InChI=1S/C19H23ClN2O2S/c1-16-3-9-19(10-4-16)25(23,24)22-12-2-11-21(13-14-22)15-17-5-7-18(20)8-6-17/h3-10H,2,11-15H2,1H3. The fourth-order valence-corrected chi connectivity index (χ4v) is 4.65. The molecule has 25 heavy (non-hydrogen) atoms. The van der Waals surface area contributed by atoms with E-state index >= 15 is 0 Å². The third-order valence-corrected chi connectivity index (χ3v) is 6.69. The van der Waals surface area contributed by atoms with Crippen LogP contribution in [0.3, 0.4) is 0 Å². The summed E-state index contributed by atoms with van der Waals surface area (Å²) in [6.45, 7) is 5.47. The maximum absolute atomic E-state index is 12.8. The Hall–Kier alpha value is -1.40. The highest BCUT2D eigenvalue weighted by atomic mass is 35.5. The fourth-order valence-electron chi connectivity index (χ4n) is 3.05. The van der Waals surface area contributed by atoms with Crippen molar-refractivity contribution in [3.05, 3.63) is 64.7 Å². The molecule has 0 N–H and O–H groups in total. The molecule has 3 rings (SSSR count). The van der Waals surface area contributed by atoms with Gasteiger partial charge < -0.3 is 0 Å². The molecule has 0 spiro atoms. The molecular weight excluding hydrogens is 356 g/mol. The lowest BCUT2D eigenvalue weighted by Crippen LogP contribution is -2.35. The molecule has 0 bridgehead atoms. The first-order valence-corrected chi connectivity index (χ1v) is 10.3. The molecule has 4 nitrogen and oxygen atoms in total. The van der Waals surface area contributed by atoms with Crippen LogP contribution in [-0.4, -0.2) is 43.8 Å². The number of nitrogens with zero attached hydrogens (tertiary/aromatic N) is 2. The van der Waals surface area contributed by atoms with Crippen LogP contribution >= 0.6 is 11.6 Å². The molecule has 2 aromatic rings. The van der Waals surface area contributed by atoms with Crippen LogP contribution in [-0.2, 0) is 16.6 Å². The van der Waals surface area contributed by atoms with E-state index in [0.717, 1.165) is 36.6 Å². The van der Waals surface area contributed by atoms with E-state index in [1.807, 2.05) is 43.3 Å². The first-order valence-electron chi connectivity index (χ1n) is 8.49. The summed E-state index contributed by atoms with van der Waals surface area (Å²) < 4.78 is 27.3. The molecular formula is C19H23ClN2O2S. The first-order chi connectivity index (χ1) is 11.9. The Morgan fingerprint density at radius 2 is 1.60 bits per heavy atom. The molecule has 1 aliphatic rings. The third kappa shape index (κ3) is 4.61. The van der Waals surface area contributed by atoms with E-state index in [4.69, 9.17) is 11.6 Å². The lowest BCUT2D eigenvalue weighted by atomic mass is 10.2. The van der Waals surface area contributed by atoms with Gasteiger partial charge in [-0.25, -0.2) is 8.42 Å². The third-order valence-electron chi connectivity index (χ3n) is 4.53. The molecule has 0 radical (unpaired) electrons. The van der Waals surface area contributed by atoms with Gasteiger partial charge in [0.15, 0.2) is 0 Å². The van der Waals surface area contributed by atoms with Crippen molar-refractivity contribution in [3.8, 4) is 0 Å². The van der Waals surface area contributed by atoms with Crippen LogP contribution in [0, 0.1) is 6.92 Å². The second-order valence-electron chi connectivity index (χ2n) is 6.47. The fraction of sp³-hybridized carbons (Fsp3) is 0.368. The van der Waals surface area contributed by atoms with Crippen LogP contribution in [0.15, 0.2) is 53.4 Å². The minimum Gasteiger partial charge on any atom is -0.298 e. The number of hydrogen-bond acceptors (Lipinski definition) is 3. The Morgan fingerprint density at radius 1 is 0.920 bits per heavy atom. The van der Waals surface area contributed by atoms with Gasteiger partial charge in [0.05, 0.1) is 4.90 Å². The largest absolute Gasteiger partial charge is 0.298 e. The van der Waals surface area contributed by atoms with Crippen LogP contribution in [0.1, 0.15) is 17.5 Å². The maximum Gasteiger partial charge on any atom is 0.243 e. The summed E-state index contributed by atoms with van der Waals surface area (Å²) in [7, 11) is -3.41. The van der Waals surface area contributed by atoms with Crippen LogP contribution < -0.4 is 0 Å². The molecule has 1 heterocycles. The summed E-state index contributed by atoms with van der Waals surface area (Å²) in [5.74, 6) is 0. The van der Waals surface area contributed by atoms with Crippen LogP contribution in [0.2, 0.25) is 5.02 Å². The Kier molecular flexibility index (Phi) is 5.79. The van der Waals surface area contributed by atoms with Crippen molar-refractivity contribution in [3.63, 3.8) is 0 Å². The van der Waals surface area contributed by atoms with Gasteiger partial charge >= 0.3 is 0 Å². The minimum atomic E-state index is -3.41. The van der Waals surface area contributed by atoms with E-state index in [9.17, 15) is 8.42 Å². The van der Waals surface area contributed by atoms with Crippen molar-refractivity contribution in [1.82, 2.24) is 9.21 Å². The van der Waals surface area contributed by atoms with Crippen molar-refractivity contribution >= 4 is 21.6 Å². The molecule has 0 atom stereocenters. The zero-order valence-electron chi connectivity index (χ0n) is 14.4. The highest BCUT2D eigenvalue weighted by molar-refractivity contribution is 7.89. The lowest BCUT2D eigenvalue weighted by Gasteiger charge is -2.22. The molecule has 2 aromatic carbocycles. The topological polar surface area (TPSA) is 40.6 Å². The molecule has 1 fully saturated rings. The zero-order valence-corrected chi connectivity index (χ0v) is 15.9. The zero-order chi connectivity index (χ0) is 17.9.